The van der Waals surface area contributed by atoms with Gasteiger partial charge in [-0.3, -0.25) is 4.79 Å². The minimum absolute atomic E-state index is 0.0843. The predicted molar refractivity (Wildman–Crippen MR) is 58.9 cm³/mol. The van der Waals surface area contributed by atoms with Crippen LogP contribution in [0.5, 0.6) is 0 Å². The number of anilines is 1. The van der Waals surface area contributed by atoms with Crippen molar-refractivity contribution < 1.29 is 0 Å². The fraction of sp³-hybridized carbons (Fsp3) is 0.600. The Kier molecular flexibility index (Phi) is 2.48. The van der Waals surface area contributed by atoms with Crippen LogP contribution in [0.1, 0.15) is 19.8 Å². The Morgan fingerprint density at radius 3 is 3.00 bits per heavy atom. The molecule has 0 aliphatic carbocycles. The van der Waals surface area contributed by atoms with Gasteiger partial charge in [-0.15, -0.1) is 0 Å². The summed E-state index contributed by atoms with van der Waals surface area (Å²) in [7, 11) is 0. The van der Waals surface area contributed by atoms with Crippen molar-refractivity contribution >= 4 is 5.82 Å². The maximum absolute atomic E-state index is 11.1. The van der Waals surface area contributed by atoms with Gasteiger partial charge in [0, 0.05) is 19.2 Å². The highest BCUT2D eigenvalue weighted by atomic mass is 16.1. The van der Waals surface area contributed by atoms with Gasteiger partial charge < -0.3 is 15.6 Å². The summed E-state index contributed by atoms with van der Waals surface area (Å²) in [5.41, 5.74) is 5.92. The van der Waals surface area contributed by atoms with Crippen LogP contribution in [0.3, 0.4) is 0 Å². The second-order valence-electron chi connectivity index (χ2n) is 4.24. The summed E-state index contributed by atoms with van der Waals surface area (Å²) < 4.78 is 0. The number of H-pyrrole nitrogens is 1. The first-order chi connectivity index (χ1) is 7.13. The molecule has 2 rings (SSSR count). The highest BCUT2D eigenvalue weighted by Crippen LogP contribution is 2.26. The molecular formula is C10H16N4O. The normalized spacial score (nSPS) is 18.7. The summed E-state index contributed by atoms with van der Waals surface area (Å²) in [6.45, 7) is 3.71. The highest BCUT2D eigenvalue weighted by molar-refractivity contribution is 5.43. The van der Waals surface area contributed by atoms with Crippen molar-refractivity contribution in [2.45, 2.75) is 25.3 Å². The Morgan fingerprint density at radius 2 is 2.40 bits per heavy atom. The lowest BCUT2D eigenvalue weighted by Crippen LogP contribution is -2.67. The van der Waals surface area contributed by atoms with Crippen LogP contribution in [0.15, 0.2) is 17.2 Å². The summed E-state index contributed by atoms with van der Waals surface area (Å²) in [4.78, 5) is 19.7. The molecule has 3 N–H and O–H groups in total. The van der Waals surface area contributed by atoms with Crippen molar-refractivity contribution in [1.82, 2.24) is 9.97 Å². The number of aromatic amines is 1. The van der Waals surface area contributed by atoms with E-state index in [-0.39, 0.29) is 11.1 Å². The molecule has 0 amide bonds. The second kappa shape index (κ2) is 3.66. The molecule has 5 heteroatoms. The summed E-state index contributed by atoms with van der Waals surface area (Å²) >= 11 is 0. The average molecular weight is 208 g/mol. The van der Waals surface area contributed by atoms with Gasteiger partial charge in [-0.1, -0.05) is 13.3 Å². The van der Waals surface area contributed by atoms with Crippen LogP contribution in [-0.4, -0.2) is 28.6 Å². The summed E-state index contributed by atoms with van der Waals surface area (Å²) in [5, 5.41) is 0. The van der Waals surface area contributed by atoms with Gasteiger partial charge in [0.2, 0.25) is 0 Å². The number of hydrogen-bond acceptors (Lipinski definition) is 4. The van der Waals surface area contributed by atoms with E-state index in [1.54, 1.807) is 0 Å². The molecule has 0 aromatic carbocycles. The smallest absolute Gasteiger partial charge is 0.252 e. The molecule has 0 bridgehead atoms. The Morgan fingerprint density at radius 1 is 1.67 bits per heavy atom. The molecule has 0 radical (unpaired) electrons. The lowest BCUT2D eigenvalue weighted by atomic mass is 9.86. The van der Waals surface area contributed by atoms with E-state index < -0.39 is 0 Å². The largest absolute Gasteiger partial charge is 0.353 e. The van der Waals surface area contributed by atoms with Gasteiger partial charge in [-0.2, -0.15) is 0 Å². The molecule has 1 fully saturated rings. The second-order valence-corrected chi connectivity index (χ2v) is 4.24. The van der Waals surface area contributed by atoms with E-state index in [0.717, 1.165) is 31.7 Å². The monoisotopic (exact) mass is 208 g/mol. The Labute approximate surface area is 88.3 Å². The first-order valence-corrected chi connectivity index (χ1v) is 5.21. The molecule has 0 atom stereocenters. The van der Waals surface area contributed by atoms with Crippen LogP contribution < -0.4 is 16.2 Å². The molecule has 0 unspecified atom stereocenters. The predicted octanol–water partition coefficient (Wildman–Crippen LogP) is 0.0875. The molecule has 1 aromatic heterocycles. The molecule has 2 heterocycles. The molecule has 5 nitrogen and oxygen atoms in total. The van der Waals surface area contributed by atoms with Gasteiger partial charge in [0.25, 0.3) is 5.56 Å². The van der Waals surface area contributed by atoms with E-state index in [2.05, 4.69) is 16.9 Å². The van der Waals surface area contributed by atoms with Gasteiger partial charge in [-0.25, -0.2) is 4.98 Å². The number of nitrogens with one attached hydrogen (secondary N) is 1. The van der Waals surface area contributed by atoms with Crippen molar-refractivity contribution in [3.8, 4) is 0 Å². The molecular weight excluding hydrogens is 192 g/mol. The van der Waals surface area contributed by atoms with E-state index in [1.165, 1.54) is 12.4 Å². The minimum atomic E-state index is -0.120. The van der Waals surface area contributed by atoms with Crippen molar-refractivity contribution in [3.05, 3.63) is 22.7 Å². The molecule has 1 aromatic rings. The van der Waals surface area contributed by atoms with Crippen LogP contribution in [0.2, 0.25) is 0 Å². The van der Waals surface area contributed by atoms with Crippen LogP contribution in [0, 0.1) is 0 Å². The molecule has 1 aliphatic heterocycles. The number of hydrogen-bond donors (Lipinski definition) is 2. The van der Waals surface area contributed by atoms with E-state index in [4.69, 9.17) is 5.73 Å². The van der Waals surface area contributed by atoms with E-state index in [9.17, 15) is 4.79 Å². The standard InChI is InChI=1S/C10H16N4O/c1-2-3-10(11)5-14(6-10)8-4-9(15)13-7-12-8/h4,7H,2-3,5-6,11H2,1H3,(H,12,13,15). The summed E-state index contributed by atoms with van der Waals surface area (Å²) in [5.74, 6) is 0.718. The molecule has 0 saturated carbocycles. The Hall–Kier alpha value is -1.36. The van der Waals surface area contributed by atoms with Crippen LogP contribution in [0.4, 0.5) is 5.82 Å². The quantitative estimate of drug-likeness (QED) is 0.738. The Balaban J connectivity index is 2.03. The molecule has 15 heavy (non-hydrogen) atoms. The minimum Gasteiger partial charge on any atom is -0.353 e. The third kappa shape index (κ3) is 2.02. The average Bonchev–Trinajstić information content (AvgIpc) is 2.14. The lowest BCUT2D eigenvalue weighted by Gasteiger charge is -2.48. The zero-order chi connectivity index (χ0) is 10.9. The van der Waals surface area contributed by atoms with Crippen molar-refractivity contribution in [2.24, 2.45) is 5.73 Å². The molecule has 1 aliphatic rings. The fourth-order valence-electron chi connectivity index (χ4n) is 2.06. The van der Waals surface area contributed by atoms with Gasteiger partial charge in [0.1, 0.15) is 5.82 Å². The van der Waals surface area contributed by atoms with Gasteiger partial charge in [0.05, 0.1) is 11.9 Å². The topological polar surface area (TPSA) is 75.0 Å². The molecule has 1 saturated heterocycles. The number of aromatic nitrogens is 2. The Bertz CT molecular complexity index is 394. The first-order valence-electron chi connectivity index (χ1n) is 5.21. The van der Waals surface area contributed by atoms with Crippen molar-refractivity contribution in [3.63, 3.8) is 0 Å². The lowest BCUT2D eigenvalue weighted by molar-refractivity contribution is 0.306. The van der Waals surface area contributed by atoms with E-state index in [1.807, 2.05) is 4.90 Å². The zero-order valence-corrected chi connectivity index (χ0v) is 8.86. The van der Waals surface area contributed by atoms with Gasteiger partial charge in [0.15, 0.2) is 0 Å². The number of nitrogens with two attached hydrogens (primary N) is 1. The fourth-order valence-corrected chi connectivity index (χ4v) is 2.06. The van der Waals surface area contributed by atoms with E-state index >= 15 is 0 Å². The van der Waals surface area contributed by atoms with Gasteiger partial charge >= 0.3 is 0 Å². The van der Waals surface area contributed by atoms with Crippen LogP contribution in [-0.2, 0) is 0 Å². The maximum Gasteiger partial charge on any atom is 0.252 e. The highest BCUT2D eigenvalue weighted by Gasteiger charge is 2.39. The third-order valence-corrected chi connectivity index (χ3v) is 2.75. The van der Waals surface area contributed by atoms with Crippen LogP contribution in [0.25, 0.3) is 0 Å². The van der Waals surface area contributed by atoms with Crippen molar-refractivity contribution in [1.29, 1.82) is 0 Å². The summed E-state index contributed by atoms with van der Waals surface area (Å²) in [6.07, 6.45) is 3.54. The van der Waals surface area contributed by atoms with Crippen LogP contribution >= 0.6 is 0 Å². The molecule has 82 valence electrons. The summed E-state index contributed by atoms with van der Waals surface area (Å²) in [6, 6.07) is 1.51. The number of rotatable bonds is 3. The van der Waals surface area contributed by atoms with Crippen molar-refractivity contribution in [2.75, 3.05) is 18.0 Å². The third-order valence-electron chi connectivity index (χ3n) is 2.75. The zero-order valence-electron chi connectivity index (χ0n) is 8.86. The maximum atomic E-state index is 11.1. The number of nitrogens with zero attached hydrogens (tertiary/aromatic N) is 2. The first kappa shape index (κ1) is 10.2. The van der Waals surface area contributed by atoms with E-state index in [0.29, 0.717) is 0 Å². The van der Waals surface area contributed by atoms with Gasteiger partial charge in [-0.05, 0) is 6.42 Å². The molecule has 0 spiro atoms. The SMILES string of the molecule is CCCC1(N)CN(c2cc(=O)[nH]cn2)C1.